The molecule has 0 saturated carbocycles. The highest BCUT2D eigenvalue weighted by molar-refractivity contribution is 8.01. The number of rotatable bonds is 4. The number of carbonyl (C=O) groups excluding carboxylic acids is 1. The molecule has 0 aromatic heterocycles. The maximum absolute atomic E-state index is 12.3. The number of piperazine rings is 1. The Hall–Kier alpha value is -1.36. The molecule has 1 aliphatic rings. The van der Waals surface area contributed by atoms with Crippen LogP contribution in [0.5, 0.6) is 5.75 Å². The molecule has 1 aromatic rings. The fourth-order valence-corrected chi connectivity index (χ4v) is 3.13. The van der Waals surface area contributed by atoms with Crippen molar-refractivity contribution in [3.8, 4) is 5.75 Å². The number of carbonyl (C=O) groups is 1. The van der Waals surface area contributed by atoms with Crippen LogP contribution < -0.4 is 9.64 Å². The van der Waals surface area contributed by atoms with Crippen LogP contribution in [0.1, 0.15) is 20.8 Å². The first-order valence-electron chi connectivity index (χ1n) is 7.70. The van der Waals surface area contributed by atoms with Crippen LogP contribution in [0, 0.1) is 0 Å². The van der Waals surface area contributed by atoms with E-state index in [0.29, 0.717) is 5.75 Å². The van der Waals surface area contributed by atoms with Gasteiger partial charge < -0.3 is 14.5 Å². The molecule has 0 bridgehead atoms. The summed E-state index contributed by atoms with van der Waals surface area (Å²) in [4.78, 5) is 16.5. The van der Waals surface area contributed by atoms with Crippen molar-refractivity contribution in [2.75, 3.05) is 43.9 Å². The minimum atomic E-state index is 0.137. The molecule has 1 aromatic carbocycles. The molecule has 22 heavy (non-hydrogen) atoms. The molecule has 1 fully saturated rings. The SMILES string of the molecule is COc1cccc(N2CCN(C(=O)CSC(C)(C)C)CC2)c1. The molecule has 0 aliphatic carbocycles. The van der Waals surface area contributed by atoms with Crippen LogP contribution in [0.3, 0.4) is 0 Å². The van der Waals surface area contributed by atoms with Gasteiger partial charge in [-0.3, -0.25) is 4.79 Å². The van der Waals surface area contributed by atoms with Gasteiger partial charge in [0.15, 0.2) is 0 Å². The lowest BCUT2D eigenvalue weighted by molar-refractivity contribution is -0.128. The van der Waals surface area contributed by atoms with E-state index in [1.165, 1.54) is 0 Å². The first kappa shape index (κ1) is 17.0. The van der Waals surface area contributed by atoms with E-state index in [1.54, 1.807) is 18.9 Å². The highest BCUT2D eigenvalue weighted by atomic mass is 32.2. The monoisotopic (exact) mass is 322 g/mol. The second kappa shape index (κ2) is 7.27. The van der Waals surface area contributed by atoms with E-state index in [-0.39, 0.29) is 10.7 Å². The number of anilines is 1. The van der Waals surface area contributed by atoms with Gasteiger partial charge in [0.1, 0.15) is 5.75 Å². The molecule has 2 rings (SSSR count). The zero-order valence-electron chi connectivity index (χ0n) is 14.0. The molecule has 122 valence electrons. The lowest BCUT2D eigenvalue weighted by Crippen LogP contribution is -2.49. The van der Waals surface area contributed by atoms with Crippen molar-refractivity contribution in [3.05, 3.63) is 24.3 Å². The summed E-state index contributed by atoms with van der Waals surface area (Å²) in [7, 11) is 1.68. The van der Waals surface area contributed by atoms with E-state index in [2.05, 4.69) is 31.7 Å². The number of hydrogen-bond acceptors (Lipinski definition) is 4. The van der Waals surface area contributed by atoms with E-state index in [9.17, 15) is 4.79 Å². The van der Waals surface area contributed by atoms with Crippen LogP contribution in [0.15, 0.2) is 24.3 Å². The van der Waals surface area contributed by atoms with E-state index >= 15 is 0 Å². The summed E-state index contributed by atoms with van der Waals surface area (Å²) in [5.41, 5.74) is 1.16. The Morgan fingerprint density at radius 3 is 2.50 bits per heavy atom. The lowest BCUT2D eigenvalue weighted by atomic mass is 10.2. The Bertz CT molecular complexity index is 506. The number of nitrogens with zero attached hydrogens (tertiary/aromatic N) is 2. The molecule has 0 spiro atoms. The number of hydrogen-bond donors (Lipinski definition) is 0. The molecule has 0 unspecified atom stereocenters. The van der Waals surface area contributed by atoms with E-state index in [4.69, 9.17) is 4.74 Å². The summed E-state index contributed by atoms with van der Waals surface area (Å²) in [6.45, 7) is 9.77. The zero-order valence-corrected chi connectivity index (χ0v) is 14.8. The fraction of sp³-hybridized carbons (Fsp3) is 0.588. The summed E-state index contributed by atoms with van der Waals surface area (Å²) in [5, 5.41) is 0. The highest BCUT2D eigenvalue weighted by Crippen LogP contribution is 2.24. The van der Waals surface area contributed by atoms with Crippen LogP contribution in [-0.4, -0.2) is 54.6 Å². The zero-order chi connectivity index (χ0) is 16.2. The number of amides is 1. The van der Waals surface area contributed by atoms with Crippen molar-refractivity contribution in [2.45, 2.75) is 25.5 Å². The Morgan fingerprint density at radius 1 is 1.23 bits per heavy atom. The quantitative estimate of drug-likeness (QED) is 0.853. The lowest BCUT2D eigenvalue weighted by Gasteiger charge is -2.36. The van der Waals surface area contributed by atoms with Gasteiger partial charge in [-0.05, 0) is 12.1 Å². The normalized spacial score (nSPS) is 15.8. The molecule has 4 nitrogen and oxygen atoms in total. The third-order valence-corrected chi connectivity index (χ3v) is 4.94. The maximum atomic E-state index is 12.3. The number of thioether (sulfide) groups is 1. The van der Waals surface area contributed by atoms with Crippen LogP contribution in [-0.2, 0) is 4.79 Å². The summed E-state index contributed by atoms with van der Waals surface area (Å²) in [6.07, 6.45) is 0. The molecule has 0 N–H and O–H groups in total. The number of ether oxygens (including phenoxy) is 1. The summed E-state index contributed by atoms with van der Waals surface area (Å²) in [6, 6.07) is 8.10. The third kappa shape index (κ3) is 4.83. The minimum Gasteiger partial charge on any atom is -0.497 e. The Labute approximate surface area is 137 Å². The molecular weight excluding hydrogens is 296 g/mol. The molecule has 1 heterocycles. The molecule has 0 atom stereocenters. The fourth-order valence-electron chi connectivity index (χ4n) is 2.39. The van der Waals surface area contributed by atoms with Gasteiger partial charge in [0.2, 0.25) is 5.91 Å². The third-order valence-electron chi connectivity index (χ3n) is 3.68. The van der Waals surface area contributed by atoms with Gasteiger partial charge >= 0.3 is 0 Å². The topological polar surface area (TPSA) is 32.8 Å². The summed E-state index contributed by atoms with van der Waals surface area (Å²) in [5.74, 6) is 1.70. The van der Waals surface area contributed by atoms with Crippen molar-refractivity contribution in [1.29, 1.82) is 0 Å². The molecule has 1 amide bonds. The van der Waals surface area contributed by atoms with Crippen molar-refractivity contribution < 1.29 is 9.53 Å². The number of benzene rings is 1. The summed E-state index contributed by atoms with van der Waals surface area (Å²) >= 11 is 1.72. The van der Waals surface area contributed by atoms with Crippen LogP contribution in [0.25, 0.3) is 0 Å². The van der Waals surface area contributed by atoms with Crippen LogP contribution in [0.4, 0.5) is 5.69 Å². The van der Waals surface area contributed by atoms with Crippen molar-refractivity contribution >= 4 is 23.4 Å². The molecular formula is C17H26N2O2S. The summed E-state index contributed by atoms with van der Waals surface area (Å²) < 4.78 is 5.41. The molecule has 5 heteroatoms. The standard InChI is InChI=1S/C17H26N2O2S/c1-17(2,3)22-13-16(20)19-10-8-18(9-11-19)14-6-5-7-15(12-14)21-4/h5-7,12H,8-11,13H2,1-4H3. The van der Waals surface area contributed by atoms with E-state index in [1.807, 2.05) is 23.1 Å². The van der Waals surface area contributed by atoms with Gasteiger partial charge in [-0.25, -0.2) is 0 Å². The van der Waals surface area contributed by atoms with Crippen molar-refractivity contribution in [2.24, 2.45) is 0 Å². The van der Waals surface area contributed by atoms with Gasteiger partial charge in [-0.2, -0.15) is 0 Å². The minimum absolute atomic E-state index is 0.137. The average molecular weight is 322 g/mol. The van der Waals surface area contributed by atoms with Gasteiger partial charge in [0.05, 0.1) is 12.9 Å². The van der Waals surface area contributed by atoms with Gasteiger partial charge in [-0.15, -0.1) is 11.8 Å². The largest absolute Gasteiger partial charge is 0.497 e. The Kier molecular flexibility index (Phi) is 5.62. The predicted octanol–water partition coefficient (Wildman–Crippen LogP) is 2.88. The van der Waals surface area contributed by atoms with Crippen LogP contribution >= 0.6 is 11.8 Å². The first-order chi connectivity index (χ1) is 10.4. The maximum Gasteiger partial charge on any atom is 0.232 e. The van der Waals surface area contributed by atoms with E-state index in [0.717, 1.165) is 37.6 Å². The Morgan fingerprint density at radius 2 is 1.91 bits per heavy atom. The van der Waals surface area contributed by atoms with Gasteiger partial charge in [-0.1, -0.05) is 26.8 Å². The average Bonchev–Trinajstić information content (AvgIpc) is 2.52. The van der Waals surface area contributed by atoms with Gasteiger partial charge in [0.25, 0.3) is 0 Å². The van der Waals surface area contributed by atoms with E-state index < -0.39 is 0 Å². The molecule has 1 saturated heterocycles. The van der Waals surface area contributed by atoms with Gasteiger partial charge in [0, 0.05) is 42.7 Å². The highest BCUT2D eigenvalue weighted by Gasteiger charge is 2.23. The number of methoxy groups -OCH3 is 1. The first-order valence-corrected chi connectivity index (χ1v) is 8.68. The van der Waals surface area contributed by atoms with Crippen molar-refractivity contribution in [1.82, 2.24) is 4.90 Å². The van der Waals surface area contributed by atoms with Crippen LogP contribution in [0.2, 0.25) is 0 Å². The Balaban J connectivity index is 1.86. The molecule has 0 radical (unpaired) electrons. The predicted molar refractivity (Wildman–Crippen MR) is 94.0 cm³/mol. The smallest absolute Gasteiger partial charge is 0.232 e. The second-order valence-electron chi connectivity index (χ2n) is 6.47. The second-order valence-corrected chi connectivity index (χ2v) is 8.27. The van der Waals surface area contributed by atoms with Crippen molar-refractivity contribution in [3.63, 3.8) is 0 Å². The molecule has 1 aliphatic heterocycles.